The average molecular weight is 179 g/mol. The van der Waals surface area contributed by atoms with Gasteiger partial charge in [-0.25, -0.2) is 13.1 Å². The van der Waals surface area contributed by atoms with E-state index in [1.807, 2.05) is 0 Å². The monoisotopic (exact) mass is 179 g/mol. The van der Waals surface area contributed by atoms with Gasteiger partial charge in [0.25, 0.3) is 0 Å². The Labute approximate surface area is 69.2 Å². The van der Waals surface area contributed by atoms with Gasteiger partial charge in [-0.15, -0.1) is 0 Å². The highest BCUT2D eigenvalue weighted by atomic mass is 32.2. The molecule has 0 spiro atoms. The molecule has 1 atom stereocenters. The minimum absolute atomic E-state index is 0.249. The Bertz CT molecular complexity index is 187. The molecule has 0 aromatic rings. The number of nitrogens with one attached hydrogen (secondary N) is 1. The van der Waals surface area contributed by atoms with Crippen molar-refractivity contribution >= 4 is 10.0 Å². The van der Waals surface area contributed by atoms with Gasteiger partial charge in [0.05, 0.1) is 5.75 Å². The lowest BCUT2D eigenvalue weighted by Crippen LogP contribution is -2.22. The van der Waals surface area contributed by atoms with E-state index in [-0.39, 0.29) is 5.75 Å². The molecule has 0 rings (SSSR count). The SMILES string of the molecule is CCC(C)CCS(=O)(=O)NC. The Kier molecular flexibility index (Phi) is 4.68. The predicted octanol–water partition coefficient (Wildman–Crippen LogP) is 0.972. The molecular weight excluding hydrogens is 162 g/mol. The van der Waals surface area contributed by atoms with E-state index in [1.54, 1.807) is 0 Å². The van der Waals surface area contributed by atoms with E-state index in [9.17, 15) is 8.42 Å². The smallest absolute Gasteiger partial charge is 0.211 e. The lowest BCUT2D eigenvalue weighted by Gasteiger charge is -2.07. The Morgan fingerprint density at radius 3 is 2.36 bits per heavy atom. The highest BCUT2D eigenvalue weighted by Gasteiger charge is 2.08. The third-order valence-electron chi connectivity index (χ3n) is 1.89. The van der Waals surface area contributed by atoms with Crippen LogP contribution < -0.4 is 4.72 Å². The van der Waals surface area contributed by atoms with Crippen molar-refractivity contribution in [3.8, 4) is 0 Å². The van der Waals surface area contributed by atoms with Gasteiger partial charge in [-0.05, 0) is 19.4 Å². The zero-order valence-corrected chi connectivity index (χ0v) is 8.24. The maximum absolute atomic E-state index is 10.9. The zero-order chi connectivity index (χ0) is 8.91. The molecule has 0 aliphatic rings. The van der Waals surface area contributed by atoms with Crippen molar-refractivity contribution in [3.05, 3.63) is 0 Å². The largest absolute Gasteiger partial charge is 0.218 e. The molecule has 1 N–H and O–H groups in total. The van der Waals surface area contributed by atoms with Crippen LogP contribution in [0.3, 0.4) is 0 Å². The van der Waals surface area contributed by atoms with Crippen molar-refractivity contribution in [1.29, 1.82) is 0 Å². The quantitative estimate of drug-likeness (QED) is 0.683. The fourth-order valence-corrected chi connectivity index (χ4v) is 1.58. The van der Waals surface area contributed by atoms with E-state index in [1.165, 1.54) is 7.05 Å². The standard InChI is InChI=1S/C7H17NO2S/c1-4-7(2)5-6-11(9,10)8-3/h7-8H,4-6H2,1-3H3. The van der Waals surface area contributed by atoms with E-state index >= 15 is 0 Å². The van der Waals surface area contributed by atoms with Crippen LogP contribution in [0.1, 0.15) is 26.7 Å². The first-order valence-corrected chi connectivity index (χ1v) is 5.58. The van der Waals surface area contributed by atoms with Crippen LogP contribution in [0.15, 0.2) is 0 Å². The van der Waals surface area contributed by atoms with Gasteiger partial charge in [-0.2, -0.15) is 0 Å². The third-order valence-corrected chi connectivity index (χ3v) is 3.28. The van der Waals surface area contributed by atoms with Crippen molar-refractivity contribution in [2.45, 2.75) is 26.7 Å². The van der Waals surface area contributed by atoms with Crippen LogP contribution in [0.5, 0.6) is 0 Å². The maximum atomic E-state index is 10.9. The summed E-state index contributed by atoms with van der Waals surface area (Å²) < 4.78 is 24.1. The minimum atomic E-state index is -2.97. The van der Waals surface area contributed by atoms with Crippen molar-refractivity contribution in [3.63, 3.8) is 0 Å². The van der Waals surface area contributed by atoms with E-state index in [0.29, 0.717) is 5.92 Å². The molecule has 0 radical (unpaired) electrons. The molecule has 0 aliphatic heterocycles. The van der Waals surface area contributed by atoms with Crippen molar-refractivity contribution < 1.29 is 8.42 Å². The molecule has 3 nitrogen and oxygen atoms in total. The van der Waals surface area contributed by atoms with Crippen LogP contribution in [0.2, 0.25) is 0 Å². The van der Waals surface area contributed by atoms with Crippen LogP contribution in [0.25, 0.3) is 0 Å². The molecule has 0 saturated carbocycles. The van der Waals surface area contributed by atoms with E-state index in [4.69, 9.17) is 0 Å². The van der Waals surface area contributed by atoms with E-state index in [0.717, 1.165) is 12.8 Å². The lowest BCUT2D eigenvalue weighted by atomic mass is 10.1. The Morgan fingerprint density at radius 2 is 2.00 bits per heavy atom. The Hall–Kier alpha value is -0.0900. The van der Waals surface area contributed by atoms with Gasteiger partial charge in [0, 0.05) is 0 Å². The second kappa shape index (κ2) is 4.72. The fourth-order valence-electron chi connectivity index (χ4n) is 0.663. The maximum Gasteiger partial charge on any atom is 0.211 e. The molecule has 0 bridgehead atoms. The molecular formula is C7H17NO2S. The summed E-state index contributed by atoms with van der Waals surface area (Å²) in [6.07, 6.45) is 1.79. The summed E-state index contributed by atoms with van der Waals surface area (Å²) >= 11 is 0. The first-order valence-electron chi connectivity index (χ1n) is 3.93. The molecule has 4 heteroatoms. The summed E-state index contributed by atoms with van der Waals surface area (Å²) in [6, 6.07) is 0. The van der Waals surface area contributed by atoms with Gasteiger partial charge in [0.2, 0.25) is 10.0 Å². The Morgan fingerprint density at radius 1 is 1.45 bits per heavy atom. The minimum Gasteiger partial charge on any atom is -0.218 e. The van der Waals surface area contributed by atoms with Crippen molar-refractivity contribution in [1.82, 2.24) is 4.72 Å². The van der Waals surface area contributed by atoms with Crippen LogP contribution in [0, 0.1) is 5.92 Å². The van der Waals surface area contributed by atoms with E-state index in [2.05, 4.69) is 18.6 Å². The third kappa shape index (κ3) is 5.21. The summed E-state index contributed by atoms with van der Waals surface area (Å²) in [4.78, 5) is 0. The second-order valence-corrected chi connectivity index (χ2v) is 4.87. The average Bonchev–Trinajstić information content (AvgIpc) is 2.00. The fraction of sp³-hybridized carbons (Fsp3) is 1.00. The Balaban J connectivity index is 3.71. The van der Waals surface area contributed by atoms with Gasteiger partial charge < -0.3 is 0 Å². The van der Waals surface area contributed by atoms with Gasteiger partial charge in [-0.3, -0.25) is 0 Å². The first-order chi connectivity index (χ1) is 5.02. The number of hydrogen-bond donors (Lipinski definition) is 1. The van der Waals surface area contributed by atoms with Crippen LogP contribution >= 0.6 is 0 Å². The summed E-state index contributed by atoms with van der Waals surface area (Å²) in [5.74, 6) is 0.747. The summed E-state index contributed by atoms with van der Waals surface area (Å²) in [6.45, 7) is 4.13. The number of hydrogen-bond acceptors (Lipinski definition) is 2. The van der Waals surface area contributed by atoms with E-state index < -0.39 is 10.0 Å². The van der Waals surface area contributed by atoms with Gasteiger partial charge in [0.1, 0.15) is 0 Å². The normalized spacial score (nSPS) is 14.8. The van der Waals surface area contributed by atoms with Gasteiger partial charge in [-0.1, -0.05) is 20.3 Å². The number of sulfonamides is 1. The van der Waals surface area contributed by atoms with Gasteiger partial charge in [0.15, 0.2) is 0 Å². The highest BCUT2D eigenvalue weighted by Crippen LogP contribution is 2.06. The van der Waals surface area contributed by atoms with Gasteiger partial charge >= 0.3 is 0 Å². The van der Waals surface area contributed by atoms with Crippen LogP contribution in [0.4, 0.5) is 0 Å². The molecule has 68 valence electrons. The molecule has 0 aliphatic carbocycles. The van der Waals surface area contributed by atoms with Crippen LogP contribution in [-0.4, -0.2) is 21.2 Å². The topological polar surface area (TPSA) is 46.2 Å². The van der Waals surface area contributed by atoms with Crippen molar-refractivity contribution in [2.24, 2.45) is 5.92 Å². The molecule has 0 amide bonds. The lowest BCUT2D eigenvalue weighted by molar-refractivity contribution is 0.529. The summed E-state index contributed by atoms with van der Waals surface area (Å²) in [5, 5.41) is 0. The van der Waals surface area contributed by atoms with Crippen LogP contribution in [-0.2, 0) is 10.0 Å². The highest BCUT2D eigenvalue weighted by molar-refractivity contribution is 7.89. The second-order valence-electron chi connectivity index (χ2n) is 2.83. The van der Waals surface area contributed by atoms with Crippen molar-refractivity contribution in [2.75, 3.05) is 12.8 Å². The summed E-state index contributed by atoms with van der Waals surface area (Å²) in [7, 11) is -1.52. The summed E-state index contributed by atoms with van der Waals surface area (Å²) in [5.41, 5.74) is 0. The predicted molar refractivity (Wildman–Crippen MR) is 46.9 cm³/mol. The zero-order valence-electron chi connectivity index (χ0n) is 7.42. The molecule has 11 heavy (non-hydrogen) atoms. The molecule has 1 unspecified atom stereocenters. The molecule has 0 aromatic carbocycles. The first kappa shape index (κ1) is 10.9. The molecule has 0 saturated heterocycles. The number of rotatable bonds is 5. The molecule has 0 heterocycles. The molecule has 0 fully saturated rings. The molecule has 0 aromatic heterocycles.